The molecule has 1 aliphatic heterocycles. The van der Waals surface area contributed by atoms with Gasteiger partial charge in [0.05, 0.1) is 11.4 Å². The number of nitrogens with zero attached hydrogens (tertiary/aromatic N) is 1. The number of hydrogen-bond acceptors (Lipinski definition) is 4. The Bertz CT molecular complexity index is 877. The van der Waals surface area contributed by atoms with Gasteiger partial charge in [-0.25, -0.2) is 12.8 Å². The monoisotopic (exact) mass is 392 g/mol. The zero-order valence-corrected chi connectivity index (χ0v) is 15.5. The summed E-state index contributed by atoms with van der Waals surface area (Å²) in [6, 6.07) is 11.5. The third kappa shape index (κ3) is 4.84. The molecule has 1 amide bonds. The highest BCUT2D eigenvalue weighted by molar-refractivity contribution is 7.89. The molecule has 6 nitrogen and oxygen atoms in total. The van der Waals surface area contributed by atoms with E-state index in [9.17, 15) is 17.6 Å². The van der Waals surface area contributed by atoms with Gasteiger partial charge in [-0.2, -0.15) is 4.31 Å². The minimum absolute atomic E-state index is 0.195. The van der Waals surface area contributed by atoms with Crippen LogP contribution in [0.2, 0.25) is 0 Å². The Kier molecular flexibility index (Phi) is 6.08. The molecule has 1 N–H and O–H groups in total. The van der Waals surface area contributed by atoms with Gasteiger partial charge in [-0.05, 0) is 61.4 Å². The van der Waals surface area contributed by atoms with Crippen molar-refractivity contribution in [3.8, 4) is 5.75 Å². The summed E-state index contributed by atoms with van der Waals surface area (Å²) in [7, 11) is -3.48. The first-order valence-electron chi connectivity index (χ1n) is 8.73. The highest BCUT2D eigenvalue weighted by Gasteiger charge is 2.27. The Morgan fingerprint density at radius 3 is 2.30 bits per heavy atom. The van der Waals surface area contributed by atoms with Crippen molar-refractivity contribution in [3.63, 3.8) is 0 Å². The van der Waals surface area contributed by atoms with Gasteiger partial charge in [-0.3, -0.25) is 4.79 Å². The highest BCUT2D eigenvalue weighted by Crippen LogP contribution is 2.21. The van der Waals surface area contributed by atoms with Crippen molar-refractivity contribution in [1.29, 1.82) is 0 Å². The zero-order valence-electron chi connectivity index (χ0n) is 14.7. The van der Waals surface area contributed by atoms with Gasteiger partial charge >= 0.3 is 0 Å². The van der Waals surface area contributed by atoms with Gasteiger partial charge in [0.2, 0.25) is 10.0 Å². The number of rotatable bonds is 7. The van der Waals surface area contributed by atoms with E-state index in [0.29, 0.717) is 24.4 Å². The van der Waals surface area contributed by atoms with Crippen LogP contribution < -0.4 is 10.1 Å². The van der Waals surface area contributed by atoms with Gasteiger partial charge in [0.1, 0.15) is 18.2 Å². The molecule has 0 saturated carbocycles. The van der Waals surface area contributed by atoms with Gasteiger partial charge in [-0.15, -0.1) is 0 Å². The smallest absolute Gasteiger partial charge is 0.251 e. The van der Waals surface area contributed by atoms with Gasteiger partial charge in [0.25, 0.3) is 5.91 Å². The second kappa shape index (κ2) is 8.49. The molecule has 2 aromatic rings. The van der Waals surface area contributed by atoms with Gasteiger partial charge in [0.15, 0.2) is 0 Å². The molecule has 0 bridgehead atoms. The number of nitrogens with one attached hydrogen (secondary N) is 1. The van der Waals surface area contributed by atoms with Gasteiger partial charge in [-0.1, -0.05) is 0 Å². The van der Waals surface area contributed by atoms with Crippen LogP contribution in [0.25, 0.3) is 0 Å². The van der Waals surface area contributed by atoms with Crippen LogP contribution >= 0.6 is 0 Å². The van der Waals surface area contributed by atoms with Crippen molar-refractivity contribution in [2.45, 2.75) is 17.7 Å². The summed E-state index contributed by atoms with van der Waals surface area (Å²) in [5.41, 5.74) is 0.372. The summed E-state index contributed by atoms with van der Waals surface area (Å²) >= 11 is 0. The molecule has 0 spiro atoms. The summed E-state index contributed by atoms with van der Waals surface area (Å²) in [5, 5.41) is 2.70. The SMILES string of the molecule is O=C(NCCOc1ccc(F)cc1)c1ccc(S(=O)(=O)N2CCCC2)cc1. The largest absolute Gasteiger partial charge is 0.492 e. The predicted octanol–water partition coefficient (Wildman–Crippen LogP) is 2.42. The van der Waals surface area contributed by atoms with Gasteiger partial charge in [0, 0.05) is 18.7 Å². The third-order valence-electron chi connectivity index (χ3n) is 4.29. The molecule has 1 aliphatic rings. The minimum Gasteiger partial charge on any atom is -0.492 e. The van der Waals surface area contributed by atoms with E-state index >= 15 is 0 Å². The van der Waals surface area contributed by atoms with Crippen LogP contribution in [0.3, 0.4) is 0 Å². The molecule has 8 heteroatoms. The summed E-state index contributed by atoms with van der Waals surface area (Å²) in [6.45, 7) is 1.58. The molecular formula is C19H21FN2O4S. The number of amides is 1. The van der Waals surface area contributed by atoms with Gasteiger partial charge < -0.3 is 10.1 Å². The topological polar surface area (TPSA) is 75.7 Å². The lowest BCUT2D eigenvalue weighted by Crippen LogP contribution is -2.29. The van der Waals surface area contributed by atoms with Crippen molar-refractivity contribution in [1.82, 2.24) is 9.62 Å². The van der Waals surface area contributed by atoms with Crippen LogP contribution in [-0.2, 0) is 10.0 Å². The maximum Gasteiger partial charge on any atom is 0.251 e. The molecule has 0 aromatic heterocycles. The maximum absolute atomic E-state index is 12.8. The molecule has 1 fully saturated rings. The summed E-state index contributed by atoms with van der Waals surface area (Å²) in [4.78, 5) is 12.3. The van der Waals surface area contributed by atoms with E-state index in [4.69, 9.17) is 4.74 Å². The number of sulfonamides is 1. The van der Waals surface area contributed by atoms with Crippen LogP contribution in [-0.4, -0.2) is 44.9 Å². The molecule has 1 heterocycles. The third-order valence-corrected chi connectivity index (χ3v) is 6.20. The van der Waals surface area contributed by atoms with Crippen molar-refractivity contribution < 1.29 is 22.3 Å². The van der Waals surface area contributed by atoms with E-state index in [1.807, 2.05) is 0 Å². The van der Waals surface area contributed by atoms with Crippen LogP contribution in [0.1, 0.15) is 23.2 Å². The van der Waals surface area contributed by atoms with E-state index in [0.717, 1.165) is 12.8 Å². The van der Waals surface area contributed by atoms with E-state index in [-0.39, 0.29) is 29.8 Å². The lowest BCUT2D eigenvalue weighted by molar-refractivity contribution is 0.0947. The first-order chi connectivity index (χ1) is 13.0. The summed E-state index contributed by atoms with van der Waals surface area (Å²) < 4.78 is 44.6. The van der Waals surface area contributed by atoms with Crippen molar-refractivity contribution in [2.24, 2.45) is 0 Å². The quantitative estimate of drug-likeness (QED) is 0.735. The standard InChI is InChI=1S/C19H21FN2O4S/c20-16-5-7-17(8-6-16)26-14-11-21-19(23)15-3-9-18(10-4-15)27(24,25)22-12-1-2-13-22/h3-10H,1-2,11-14H2,(H,21,23). The van der Waals surface area contributed by atoms with E-state index < -0.39 is 10.0 Å². The number of hydrogen-bond donors (Lipinski definition) is 1. The number of carbonyl (C=O) groups is 1. The van der Waals surface area contributed by atoms with Crippen LogP contribution in [0.15, 0.2) is 53.4 Å². The fourth-order valence-electron chi connectivity index (χ4n) is 2.82. The second-order valence-corrected chi connectivity index (χ2v) is 8.13. The Morgan fingerprint density at radius 1 is 1.04 bits per heavy atom. The minimum atomic E-state index is -3.48. The maximum atomic E-state index is 12.8. The lowest BCUT2D eigenvalue weighted by Gasteiger charge is -2.15. The van der Waals surface area contributed by atoms with E-state index in [1.165, 1.54) is 52.8 Å². The Morgan fingerprint density at radius 2 is 1.67 bits per heavy atom. The van der Waals surface area contributed by atoms with Crippen molar-refractivity contribution in [2.75, 3.05) is 26.2 Å². The molecule has 0 unspecified atom stereocenters. The van der Waals surface area contributed by atoms with E-state index in [2.05, 4.69) is 5.32 Å². The molecule has 144 valence electrons. The summed E-state index contributed by atoms with van der Waals surface area (Å²) in [5.74, 6) is -0.143. The lowest BCUT2D eigenvalue weighted by atomic mass is 10.2. The molecule has 3 rings (SSSR count). The second-order valence-electron chi connectivity index (χ2n) is 6.19. The molecule has 27 heavy (non-hydrogen) atoms. The molecule has 1 saturated heterocycles. The van der Waals surface area contributed by atoms with Crippen molar-refractivity contribution >= 4 is 15.9 Å². The first-order valence-corrected chi connectivity index (χ1v) is 10.2. The molecule has 0 radical (unpaired) electrons. The zero-order chi connectivity index (χ0) is 19.3. The highest BCUT2D eigenvalue weighted by atomic mass is 32.2. The normalized spacial score (nSPS) is 14.9. The Hall–Kier alpha value is -2.45. The Labute approximate surface area is 158 Å². The average molecular weight is 392 g/mol. The van der Waals surface area contributed by atoms with E-state index in [1.54, 1.807) is 0 Å². The molecule has 0 aliphatic carbocycles. The summed E-state index contributed by atoms with van der Waals surface area (Å²) in [6.07, 6.45) is 1.75. The molecule has 0 atom stereocenters. The fourth-order valence-corrected chi connectivity index (χ4v) is 4.34. The van der Waals surface area contributed by atoms with Crippen LogP contribution in [0.4, 0.5) is 4.39 Å². The number of carbonyl (C=O) groups excluding carboxylic acids is 1. The predicted molar refractivity (Wildman–Crippen MR) is 98.7 cm³/mol. The first kappa shape index (κ1) is 19.3. The Balaban J connectivity index is 1.50. The number of benzene rings is 2. The van der Waals surface area contributed by atoms with Crippen LogP contribution in [0, 0.1) is 5.82 Å². The average Bonchev–Trinajstić information content (AvgIpc) is 3.22. The number of ether oxygens (including phenoxy) is 1. The van der Waals surface area contributed by atoms with Crippen LogP contribution in [0.5, 0.6) is 5.75 Å². The number of halogens is 1. The molecular weight excluding hydrogens is 371 g/mol. The molecule has 2 aromatic carbocycles. The van der Waals surface area contributed by atoms with Crippen molar-refractivity contribution in [3.05, 3.63) is 59.9 Å². The fraction of sp³-hybridized carbons (Fsp3) is 0.316.